The zero-order valence-corrected chi connectivity index (χ0v) is 20.5. The fourth-order valence-electron chi connectivity index (χ4n) is 3.83. The molecule has 0 unspecified atom stereocenters. The second-order valence-electron chi connectivity index (χ2n) is 9.07. The van der Waals surface area contributed by atoms with Crippen molar-refractivity contribution in [3.8, 4) is 0 Å². The number of aromatic nitrogens is 2. The van der Waals surface area contributed by atoms with Crippen LogP contribution in [0.2, 0.25) is 0 Å². The topological polar surface area (TPSA) is 124 Å². The summed E-state index contributed by atoms with van der Waals surface area (Å²) in [6.45, 7) is 4.06. The molecule has 0 saturated heterocycles. The van der Waals surface area contributed by atoms with Crippen LogP contribution in [-0.2, 0) is 16.0 Å². The van der Waals surface area contributed by atoms with Gasteiger partial charge in [0, 0.05) is 13.0 Å². The number of rotatable bonds is 10. The Labute approximate surface area is 209 Å². The van der Waals surface area contributed by atoms with Crippen LogP contribution in [0.1, 0.15) is 37.6 Å². The third-order valence-corrected chi connectivity index (χ3v) is 5.85. The quantitative estimate of drug-likeness (QED) is 0.447. The van der Waals surface area contributed by atoms with Gasteiger partial charge in [0.15, 0.2) is 5.82 Å². The fourth-order valence-corrected chi connectivity index (χ4v) is 3.83. The van der Waals surface area contributed by atoms with Crippen LogP contribution in [0.25, 0.3) is 0 Å². The normalized spacial score (nSPS) is 15.1. The highest BCUT2D eigenvalue weighted by molar-refractivity contribution is 6.44. The zero-order chi connectivity index (χ0) is 25.7. The van der Waals surface area contributed by atoms with Gasteiger partial charge in [-0.1, -0.05) is 67.5 Å². The maximum absolute atomic E-state index is 13.1. The van der Waals surface area contributed by atoms with Crippen molar-refractivity contribution in [1.82, 2.24) is 15.5 Å². The zero-order valence-electron chi connectivity index (χ0n) is 20.5. The molecule has 4 rings (SSSR count). The molecule has 0 radical (unpaired) electrons. The van der Waals surface area contributed by atoms with E-state index in [1.807, 2.05) is 50.2 Å². The Morgan fingerprint density at radius 1 is 1.14 bits per heavy atom. The molecule has 1 aliphatic heterocycles. The van der Waals surface area contributed by atoms with Gasteiger partial charge in [-0.3, -0.25) is 9.59 Å². The second kappa shape index (κ2) is 11.1. The average molecular weight is 491 g/mol. The summed E-state index contributed by atoms with van der Waals surface area (Å²) in [5, 5.41) is 23.5. The van der Waals surface area contributed by atoms with Crippen LogP contribution in [0, 0.1) is 0 Å². The number of para-hydroxylation sites is 1. The Morgan fingerprint density at radius 3 is 2.44 bits per heavy atom. The van der Waals surface area contributed by atoms with Gasteiger partial charge in [-0.05, 0) is 24.1 Å². The number of carbonyl (C=O) groups excluding carboxylic acids is 2. The monoisotopic (exact) mass is 490 g/mol. The first-order valence-corrected chi connectivity index (χ1v) is 11.8. The predicted octanol–water partition coefficient (Wildman–Crippen LogP) is 2.51. The summed E-state index contributed by atoms with van der Waals surface area (Å²) in [7, 11) is 1.74. The van der Waals surface area contributed by atoms with Crippen LogP contribution < -0.4 is 15.2 Å². The molecule has 0 bridgehead atoms. The first-order chi connectivity index (χ1) is 17.3. The minimum atomic E-state index is -0.975. The van der Waals surface area contributed by atoms with Crippen LogP contribution in [0.5, 0.6) is 0 Å². The van der Waals surface area contributed by atoms with E-state index in [0.717, 1.165) is 5.56 Å². The van der Waals surface area contributed by atoms with Crippen molar-refractivity contribution in [1.29, 1.82) is 0 Å². The van der Waals surface area contributed by atoms with Crippen LogP contribution in [0.3, 0.4) is 0 Å². The second-order valence-corrected chi connectivity index (χ2v) is 9.07. The van der Waals surface area contributed by atoms with Gasteiger partial charge in [0.2, 0.25) is 0 Å². The molecule has 2 atom stereocenters. The van der Waals surface area contributed by atoms with Gasteiger partial charge in [0.25, 0.3) is 11.8 Å². The van der Waals surface area contributed by atoms with E-state index in [-0.39, 0.29) is 36.5 Å². The molecule has 1 aromatic heterocycles. The first-order valence-electron chi connectivity index (χ1n) is 11.8. The molecule has 36 heavy (non-hydrogen) atoms. The maximum atomic E-state index is 13.1. The lowest BCUT2D eigenvalue weighted by Gasteiger charge is -2.27. The number of carbonyl (C=O) groups is 2. The number of nitrogens with zero attached hydrogens (tertiary/aromatic N) is 5. The van der Waals surface area contributed by atoms with E-state index in [9.17, 15) is 14.7 Å². The summed E-state index contributed by atoms with van der Waals surface area (Å²) in [5.41, 5.74) is 1.63. The number of aliphatic hydroxyl groups is 1. The summed E-state index contributed by atoms with van der Waals surface area (Å²) >= 11 is 0. The molecule has 0 fully saturated rings. The number of amides is 2. The Bertz CT molecular complexity index is 1210. The Morgan fingerprint density at radius 2 is 1.81 bits per heavy atom. The van der Waals surface area contributed by atoms with Crippen molar-refractivity contribution in [2.75, 3.05) is 23.5 Å². The van der Waals surface area contributed by atoms with Crippen LogP contribution >= 0.6 is 0 Å². The number of aliphatic hydroxyl groups excluding tert-OH is 1. The lowest BCUT2D eigenvalue weighted by molar-refractivity contribution is -0.118. The largest absolute Gasteiger partial charge is 0.389 e. The maximum Gasteiger partial charge on any atom is 0.323 e. The highest BCUT2D eigenvalue weighted by atomic mass is 16.5. The number of anilines is 2. The molecule has 2 aromatic carbocycles. The predicted molar refractivity (Wildman–Crippen MR) is 136 cm³/mol. The molecule has 2 N–H and O–H groups in total. The Balaban J connectivity index is 1.49. The standard InChI is InChI=1S/C26H30N6O4/c1-17(2)24-28-26(36-30-24)31(3)16-22(33)20(14-18-10-6-4-7-11-18)27-25(35)21-15-23(34)32(29-21)19-12-8-5-9-13-19/h4-13,17,20,22,33H,14-16H2,1-3H3,(H,27,35)/t20-,22+/m0/s1. The summed E-state index contributed by atoms with van der Waals surface area (Å²) in [6, 6.07) is 18.1. The van der Waals surface area contributed by atoms with E-state index in [4.69, 9.17) is 4.52 Å². The Kier molecular flexibility index (Phi) is 7.74. The fraction of sp³-hybridized carbons (Fsp3) is 0.346. The number of likely N-dealkylation sites (N-methyl/N-ethyl adjacent to an activating group) is 1. The highest BCUT2D eigenvalue weighted by Crippen LogP contribution is 2.20. The molecule has 10 nitrogen and oxygen atoms in total. The number of hydrogen-bond acceptors (Lipinski definition) is 8. The van der Waals surface area contributed by atoms with Gasteiger partial charge in [-0.25, -0.2) is 0 Å². The molecule has 2 heterocycles. The van der Waals surface area contributed by atoms with Crippen molar-refractivity contribution in [2.45, 2.75) is 44.8 Å². The molecule has 10 heteroatoms. The minimum Gasteiger partial charge on any atom is -0.389 e. The molecule has 3 aromatic rings. The number of hydrogen-bond donors (Lipinski definition) is 2. The van der Waals surface area contributed by atoms with Gasteiger partial charge in [-0.15, -0.1) is 0 Å². The molecular formula is C26H30N6O4. The first kappa shape index (κ1) is 25.1. The van der Waals surface area contributed by atoms with E-state index >= 15 is 0 Å². The van der Waals surface area contributed by atoms with Gasteiger partial charge in [0.05, 0.1) is 30.8 Å². The highest BCUT2D eigenvalue weighted by Gasteiger charge is 2.32. The van der Waals surface area contributed by atoms with Crippen molar-refractivity contribution in [2.24, 2.45) is 5.10 Å². The average Bonchev–Trinajstić information content (AvgIpc) is 3.52. The molecule has 2 amide bonds. The van der Waals surface area contributed by atoms with E-state index in [1.165, 1.54) is 5.01 Å². The number of nitrogens with one attached hydrogen (secondary N) is 1. The third kappa shape index (κ3) is 5.95. The van der Waals surface area contributed by atoms with E-state index in [2.05, 4.69) is 20.6 Å². The van der Waals surface area contributed by atoms with Gasteiger partial charge >= 0.3 is 6.01 Å². The number of hydrazone groups is 1. The SMILES string of the molecule is CC(C)c1noc(N(C)C[C@@H](O)[C@H](Cc2ccccc2)NC(=O)C2=NN(c3ccccc3)C(=O)C2)n1. The summed E-state index contributed by atoms with van der Waals surface area (Å²) in [6.07, 6.45) is -0.711. The molecule has 1 aliphatic rings. The third-order valence-electron chi connectivity index (χ3n) is 5.85. The van der Waals surface area contributed by atoms with Crippen LogP contribution in [0.15, 0.2) is 70.3 Å². The van der Waals surface area contributed by atoms with Crippen LogP contribution in [-0.4, -0.2) is 58.5 Å². The molecule has 188 valence electrons. The smallest absolute Gasteiger partial charge is 0.323 e. The van der Waals surface area contributed by atoms with E-state index in [0.29, 0.717) is 17.9 Å². The van der Waals surface area contributed by atoms with Crippen molar-refractivity contribution < 1.29 is 19.2 Å². The van der Waals surface area contributed by atoms with E-state index < -0.39 is 18.1 Å². The summed E-state index contributed by atoms with van der Waals surface area (Å²) in [4.78, 5) is 31.6. The van der Waals surface area contributed by atoms with Gasteiger partial charge in [-0.2, -0.15) is 15.1 Å². The van der Waals surface area contributed by atoms with Crippen molar-refractivity contribution >= 4 is 29.2 Å². The molecule has 0 saturated carbocycles. The molecule has 0 aliphatic carbocycles. The summed E-state index contributed by atoms with van der Waals surface area (Å²) in [5.74, 6) is -0.100. The number of benzene rings is 2. The lowest BCUT2D eigenvalue weighted by atomic mass is 10.0. The summed E-state index contributed by atoms with van der Waals surface area (Å²) < 4.78 is 5.32. The van der Waals surface area contributed by atoms with Crippen molar-refractivity contribution in [3.05, 3.63) is 72.1 Å². The Hall–Kier alpha value is -4.05. The minimum absolute atomic E-state index is 0.0981. The van der Waals surface area contributed by atoms with E-state index in [1.54, 1.807) is 36.2 Å². The van der Waals surface area contributed by atoms with Crippen LogP contribution in [0.4, 0.5) is 11.7 Å². The van der Waals surface area contributed by atoms with Gasteiger partial charge in [0.1, 0.15) is 5.71 Å². The lowest BCUT2D eigenvalue weighted by Crippen LogP contribution is -2.50. The van der Waals surface area contributed by atoms with Gasteiger partial charge < -0.3 is 19.8 Å². The molecular weight excluding hydrogens is 460 g/mol. The van der Waals surface area contributed by atoms with Crippen molar-refractivity contribution in [3.63, 3.8) is 0 Å². The molecule has 0 spiro atoms.